The molecule has 0 spiro atoms. The Balaban J connectivity index is 2.49. The number of rotatable bonds is 2. The molecule has 1 aromatic carbocycles. The SMILES string of the molecule is CCOc1ccc(Br)c2c1CCC(C)(C)CC2Cl. The number of ether oxygens (including phenoxy) is 1. The van der Waals surface area contributed by atoms with Crippen molar-refractivity contribution in [3.63, 3.8) is 0 Å². The molecule has 0 amide bonds. The average molecular weight is 332 g/mol. The molecule has 100 valence electrons. The predicted octanol–water partition coefficient (Wildman–Crippen LogP) is 5.49. The van der Waals surface area contributed by atoms with E-state index in [2.05, 4.69) is 35.8 Å². The van der Waals surface area contributed by atoms with Crippen LogP contribution in [0.4, 0.5) is 0 Å². The van der Waals surface area contributed by atoms with Crippen LogP contribution in [0.2, 0.25) is 0 Å². The van der Waals surface area contributed by atoms with Crippen molar-refractivity contribution < 1.29 is 4.74 Å². The summed E-state index contributed by atoms with van der Waals surface area (Å²) < 4.78 is 6.86. The second kappa shape index (κ2) is 5.42. The molecule has 1 unspecified atom stereocenters. The smallest absolute Gasteiger partial charge is 0.122 e. The van der Waals surface area contributed by atoms with Gasteiger partial charge in [-0.2, -0.15) is 0 Å². The van der Waals surface area contributed by atoms with Crippen molar-refractivity contribution >= 4 is 27.5 Å². The molecule has 1 atom stereocenters. The summed E-state index contributed by atoms with van der Waals surface area (Å²) in [5.74, 6) is 0.999. The monoisotopic (exact) mass is 330 g/mol. The first kappa shape index (κ1) is 14.2. The van der Waals surface area contributed by atoms with Crippen LogP contribution in [0.5, 0.6) is 5.75 Å². The van der Waals surface area contributed by atoms with Gasteiger partial charge in [-0.25, -0.2) is 0 Å². The zero-order valence-electron chi connectivity index (χ0n) is 11.2. The Morgan fingerprint density at radius 2 is 2.17 bits per heavy atom. The highest BCUT2D eigenvalue weighted by Gasteiger charge is 2.31. The average Bonchev–Trinajstić information content (AvgIpc) is 2.39. The van der Waals surface area contributed by atoms with E-state index in [1.165, 1.54) is 11.1 Å². The van der Waals surface area contributed by atoms with E-state index in [1.54, 1.807) is 0 Å². The highest BCUT2D eigenvalue weighted by Crippen LogP contribution is 2.47. The Bertz CT molecular complexity index is 442. The second-order valence-corrected chi connectivity index (χ2v) is 7.09. The molecule has 2 rings (SSSR count). The van der Waals surface area contributed by atoms with E-state index in [0.717, 1.165) is 29.5 Å². The highest BCUT2D eigenvalue weighted by atomic mass is 79.9. The number of alkyl halides is 1. The first-order chi connectivity index (χ1) is 8.44. The molecule has 0 saturated carbocycles. The van der Waals surface area contributed by atoms with Crippen molar-refractivity contribution in [2.75, 3.05) is 6.61 Å². The summed E-state index contributed by atoms with van der Waals surface area (Å²) in [6.45, 7) is 7.31. The van der Waals surface area contributed by atoms with Gasteiger partial charge in [-0.3, -0.25) is 0 Å². The van der Waals surface area contributed by atoms with Crippen LogP contribution in [-0.4, -0.2) is 6.61 Å². The van der Waals surface area contributed by atoms with Crippen molar-refractivity contribution in [2.45, 2.75) is 45.4 Å². The van der Waals surface area contributed by atoms with Crippen LogP contribution < -0.4 is 4.74 Å². The molecule has 0 bridgehead atoms. The zero-order chi connectivity index (χ0) is 13.3. The maximum absolute atomic E-state index is 6.63. The lowest BCUT2D eigenvalue weighted by atomic mass is 9.84. The topological polar surface area (TPSA) is 9.23 Å². The summed E-state index contributed by atoms with van der Waals surface area (Å²) >= 11 is 10.3. The van der Waals surface area contributed by atoms with Crippen molar-refractivity contribution in [3.8, 4) is 5.75 Å². The van der Waals surface area contributed by atoms with Gasteiger partial charge in [0.25, 0.3) is 0 Å². The molecule has 1 aliphatic carbocycles. The van der Waals surface area contributed by atoms with Gasteiger partial charge in [0.1, 0.15) is 5.75 Å². The lowest BCUT2D eigenvalue weighted by molar-refractivity contribution is 0.310. The molecule has 18 heavy (non-hydrogen) atoms. The largest absolute Gasteiger partial charge is 0.494 e. The lowest BCUT2D eigenvalue weighted by Gasteiger charge is -2.23. The summed E-state index contributed by atoms with van der Waals surface area (Å²) in [6, 6.07) is 4.10. The van der Waals surface area contributed by atoms with Crippen LogP contribution in [0.3, 0.4) is 0 Å². The number of hydrogen-bond donors (Lipinski definition) is 0. The molecular formula is C15H20BrClO. The van der Waals surface area contributed by atoms with Crippen molar-refractivity contribution in [1.29, 1.82) is 0 Å². The Hall–Kier alpha value is -0.210. The Morgan fingerprint density at radius 1 is 1.44 bits per heavy atom. The third-order valence-electron chi connectivity index (χ3n) is 3.66. The van der Waals surface area contributed by atoms with Gasteiger partial charge in [0.05, 0.1) is 12.0 Å². The summed E-state index contributed by atoms with van der Waals surface area (Å²) in [6.07, 6.45) is 3.20. The van der Waals surface area contributed by atoms with Gasteiger partial charge < -0.3 is 4.74 Å². The van der Waals surface area contributed by atoms with Gasteiger partial charge in [-0.1, -0.05) is 29.8 Å². The van der Waals surface area contributed by atoms with Gasteiger partial charge in [-0.15, -0.1) is 11.6 Å². The molecule has 0 heterocycles. The predicted molar refractivity (Wildman–Crippen MR) is 80.6 cm³/mol. The third kappa shape index (κ3) is 2.85. The van der Waals surface area contributed by atoms with E-state index in [9.17, 15) is 0 Å². The number of fused-ring (bicyclic) bond motifs is 1. The molecule has 0 aliphatic heterocycles. The Labute approximate surface area is 123 Å². The first-order valence-electron chi connectivity index (χ1n) is 6.53. The fourth-order valence-corrected chi connectivity index (χ4v) is 4.10. The molecule has 0 saturated heterocycles. The summed E-state index contributed by atoms with van der Waals surface area (Å²) in [7, 11) is 0. The van der Waals surface area contributed by atoms with Crippen LogP contribution in [0, 0.1) is 5.41 Å². The molecule has 0 aromatic heterocycles. The summed E-state index contributed by atoms with van der Waals surface area (Å²) in [4.78, 5) is 0. The van der Waals surface area contributed by atoms with Crippen LogP contribution in [0.1, 0.15) is 50.1 Å². The fourth-order valence-electron chi connectivity index (χ4n) is 2.66. The number of benzene rings is 1. The Kier molecular flexibility index (Phi) is 4.28. The second-order valence-electron chi connectivity index (χ2n) is 5.71. The minimum atomic E-state index is 0.0623. The third-order valence-corrected chi connectivity index (χ3v) is 4.72. The molecule has 1 aromatic rings. The molecule has 3 heteroatoms. The van der Waals surface area contributed by atoms with Gasteiger partial charge in [0.2, 0.25) is 0 Å². The van der Waals surface area contributed by atoms with Crippen molar-refractivity contribution in [3.05, 3.63) is 27.7 Å². The highest BCUT2D eigenvalue weighted by molar-refractivity contribution is 9.10. The molecule has 0 fully saturated rings. The summed E-state index contributed by atoms with van der Waals surface area (Å²) in [5.41, 5.74) is 2.80. The molecule has 1 nitrogen and oxygen atoms in total. The fraction of sp³-hybridized carbons (Fsp3) is 0.600. The van der Waals surface area contributed by atoms with Crippen LogP contribution in [0.25, 0.3) is 0 Å². The van der Waals surface area contributed by atoms with E-state index in [-0.39, 0.29) is 10.8 Å². The molecule has 1 aliphatic rings. The lowest BCUT2D eigenvalue weighted by Crippen LogP contribution is -2.11. The van der Waals surface area contributed by atoms with E-state index in [0.29, 0.717) is 6.61 Å². The van der Waals surface area contributed by atoms with Gasteiger partial charge >= 0.3 is 0 Å². The molecular weight excluding hydrogens is 312 g/mol. The number of hydrogen-bond acceptors (Lipinski definition) is 1. The minimum Gasteiger partial charge on any atom is -0.494 e. The molecule has 0 N–H and O–H groups in total. The van der Waals surface area contributed by atoms with E-state index in [1.807, 2.05) is 13.0 Å². The maximum atomic E-state index is 6.63. The van der Waals surface area contributed by atoms with Crippen molar-refractivity contribution in [2.24, 2.45) is 5.41 Å². The summed E-state index contributed by atoms with van der Waals surface area (Å²) in [5, 5.41) is 0.0623. The zero-order valence-corrected chi connectivity index (χ0v) is 13.6. The Morgan fingerprint density at radius 3 is 2.83 bits per heavy atom. The van der Waals surface area contributed by atoms with Crippen molar-refractivity contribution in [1.82, 2.24) is 0 Å². The van der Waals surface area contributed by atoms with Crippen LogP contribution >= 0.6 is 27.5 Å². The normalized spacial score (nSPS) is 22.2. The maximum Gasteiger partial charge on any atom is 0.122 e. The minimum absolute atomic E-state index is 0.0623. The van der Waals surface area contributed by atoms with Crippen LogP contribution in [0.15, 0.2) is 16.6 Å². The standard InChI is InChI=1S/C15H20BrClO/c1-4-18-13-6-5-11(16)14-10(13)7-8-15(2,3)9-12(14)17/h5-6,12H,4,7-9H2,1-3H3. The van der Waals surface area contributed by atoms with Crippen LogP contribution in [-0.2, 0) is 6.42 Å². The van der Waals surface area contributed by atoms with E-state index in [4.69, 9.17) is 16.3 Å². The number of halogens is 2. The van der Waals surface area contributed by atoms with Gasteiger partial charge in [-0.05, 0) is 54.9 Å². The van der Waals surface area contributed by atoms with E-state index < -0.39 is 0 Å². The molecule has 0 radical (unpaired) electrons. The van der Waals surface area contributed by atoms with E-state index >= 15 is 0 Å². The first-order valence-corrected chi connectivity index (χ1v) is 7.75. The van der Waals surface area contributed by atoms with Gasteiger partial charge in [0.15, 0.2) is 0 Å². The van der Waals surface area contributed by atoms with Gasteiger partial charge in [0, 0.05) is 4.47 Å². The quantitative estimate of drug-likeness (QED) is 0.514.